The third-order valence-electron chi connectivity index (χ3n) is 3.28. The van der Waals surface area contributed by atoms with Gasteiger partial charge in [0.15, 0.2) is 5.78 Å². The van der Waals surface area contributed by atoms with Gasteiger partial charge < -0.3 is 0 Å². The van der Waals surface area contributed by atoms with E-state index in [0.29, 0.717) is 17.8 Å². The first-order valence-electron chi connectivity index (χ1n) is 6.35. The van der Waals surface area contributed by atoms with Crippen molar-refractivity contribution >= 4 is 23.5 Å². The third-order valence-corrected chi connectivity index (χ3v) is 3.28. The van der Waals surface area contributed by atoms with Crippen LogP contribution in [0.3, 0.4) is 0 Å². The highest BCUT2D eigenvalue weighted by Crippen LogP contribution is 2.20. The Labute approximate surface area is 107 Å². The molecule has 1 fully saturated rings. The van der Waals surface area contributed by atoms with Crippen LogP contribution >= 0.6 is 0 Å². The van der Waals surface area contributed by atoms with Crippen molar-refractivity contribution in [2.24, 2.45) is 10.9 Å². The number of hydrogen-bond acceptors (Lipinski definition) is 3. The molecule has 3 heteroatoms. The van der Waals surface area contributed by atoms with Gasteiger partial charge in [-0.05, 0) is 44.0 Å². The molecule has 18 heavy (non-hydrogen) atoms. The minimum Gasteiger partial charge on any atom is -0.299 e. The van der Waals surface area contributed by atoms with Gasteiger partial charge in [0.05, 0.1) is 11.6 Å². The van der Waals surface area contributed by atoms with E-state index in [4.69, 9.17) is 0 Å². The molecule has 0 unspecified atom stereocenters. The summed E-state index contributed by atoms with van der Waals surface area (Å²) in [5, 5.41) is 0. The van der Waals surface area contributed by atoms with Crippen molar-refractivity contribution in [2.45, 2.75) is 32.6 Å². The molecular formula is C15H17NO2. The van der Waals surface area contributed by atoms with Gasteiger partial charge in [-0.3, -0.25) is 14.6 Å². The summed E-state index contributed by atoms with van der Waals surface area (Å²) in [6.07, 6.45) is 5.46. The molecule has 1 aliphatic rings. The Bertz CT molecular complexity index is 474. The van der Waals surface area contributed by atoms with Crippen LogP contribution in [0.2, 0.25) is 0 Å². The highest BCUT2D eigenvalue weighted by atomic mass is 16.1. The monoisotopic (exact) mass is 243 g/mol. The largest absolute Gasteiger partial charge is 0.299 e. The molecule has 0 amide bonds. The molecule has 0 aromatic heterocycles. The summed E-state index contributed by atoms with van der Waals surface area (Å²) in [5.74, 6) is 0.324. The maximum Gasteiger partial charge on any atom is 0.159 e. The number of Topliss-reactive ketones (excluding diaryl/α,β-unsaturated/α-hetero) is 2. The minimum absolute atomic E-state index is 0.0220. The van der Waals surface area contributed by atoms with Crippen molar-refractivity contribution in [3.05, 3.63) is 29.8 Å². The maximum absolute atomic E-state index is 11.6. The lowest BCUT2D eigenvalue weighted by molar-refractivity contribution is -0.122. The molecule has 0 saturated heterocycles. The van der Waals surface area contributed by atoms with Gasteiger partial charge in [0.25, 0.3) is 0 Å². The molecule has 0 N–H and O–H groups in total. The van der Waals surface area contributed by atoms with E-state index < -0.39 is 0 Å². The van der Waals surface area contributed by atoms with Crippen LogP contribution in [0.1, 0.15) is 43.0 Å². The van der Waals surface area contributed by atoms with Crippen molar-refractivity contribution in [1.82, 2.24) is 0 Å². The molecule has 0 radical (unpaired) electrons. The van der Waals surface area contributed by atoms with E-state index in [1.165, 1.54) is 0 Å². The summed E-state index contributed by atoms with van der Waals surface area (Å²) in [6, 6.07) is 7.14. The normalized spacial score (nSPS) is 20.3. The van der Waals surface area contributed by atoms with Crippen molar-refractivity contribution in [3.63, 3.8) is 0 Å². The number of carbonyl (C=O) groups is 2. The number of rotatable bonds is 3. The highest BCUT2D eigenvalue weighted by molar-refractivity contribution is 5.96. The molecule has 1 aromatic carbocycles. The Hall–Kier alpha value is -1.77. The minimum atomic E-state index is -0.0220. The first-order chi connectivity index (χ1) is 8.66. The lowest BCUT2D eigenvalue weighted by atomic mass is 9.89. The van der Waals surface area contributed by atoms with Crippen LogP contribution < -0.4 is 0 Å². The van der Waals surface area contributed by atoms with E-state index in [1.54, 1.807) is 37.4 Å². The number of benzene rings is 1. The molecule has 94 valence electrons. The van der Waals surface area contributed by atoms with Gasteiger partial charge in [0.2, 0.25) is 0 Å². The second-order valence-electron chi connectivity index (χ2n) is 4.70. The summed E-state index contributed by atoms with van der Waals surface area (Å²) >= 11 is 0. The topological polar surface area (TPSA) is 46.5 Å². The zero-order chi connectivity index (χ0) is 13.0. The van der Waals surface area contributed by atoms with E-state index in [0.717, 1.165) is 24.9 Å². The lowest BCUT2D eigenvalue weighted by Gasteiger charge is -2.15. The summed E-state index contributed by atoms with van der Waals surface area (Å²) in [6.45, 7) is 1.54. The zero-order valence-corrected chi connectivity index (χ0v) is 10.6. The number of nitrogens with zero attached hydrogens (tertiary/aromatic N) is 1. The Balaban J connectivity index is 2.04. The summed E-state index contributed by atoms with van der Waals surface area (Å²) in [5.41, 5.74) is 1.47. The molecule has 3 nitrogen and oxygen atoms in total. The number of aliphatic imine (C=N–C) groups is 1. The lowest BCUT2D eigenvalue weighted by Crippen LogP contribution is -2.19. The number of hydrogen-bond donors (Lipinski definition) is 0. The average Bonchev–Trinajstić information content (AvgIpc) is 2.38. The van der Waals surface area contributed by atoms with Crippen LogP contribution in [0, 0.1) is 5.92 Å². The molecule has 1 atom stereocenters. The Morgan fingerprint density at radius 2 is 2.00 bits per heavy atom. The van der Waals surface area contributed by atoms with Gasteiger partial charge >= 0.3 is 0 Å². The van der Waals surface area contributed by atoms with Crippen LogP contribution in [0.25, 0.3) is 0 Å². The fourth-order valence-electron chi connectivity index (χ4n) is 2.13. The van der Waals surface area contributed by atoms with Gasteiger partial charge in [-0.2, -0.15) is 0 Å². The van der Waals surface area contributed by atoms with Crippen molar-refractivity contribution < 1.29 is 9.59 Å². The average molecular weight is 243 g/mol. The standard InChI is InChI=1S/C15H17NO2/c1-11(17)12-6-8-14(9-7-12)16-10-13-4-2-3-5-15(13)18/h6-10,13H,2-5H2,1H3/t13-/m1/s1. The van der Waals surface area contributed by atoms with Gasteiger partial charge in [-0.15, -0.1) is 0 Å². The van der Waals surface area contributed by atoms with Gasteiger partial charge in [0.1, 0.15) is 5.78 Å². The van der Waals surface area contributed by atoms with E-state index in [-0.39, 0.29) is 11.7 Å². The van der Waals surface area contributed by atoms with Crippen molar-refractivity contribution in [2.75, 3.05) is 0 Å². The van der Waals surface area contributed by atoms with Gasteiger partial charge in [-0.25, -0.2) is 0 Å². The molecule has 0 heterocycles. The van der Waals surface area contributed by atoms with E-state index in [1.807, 2.05) is 0 Å². The first-order valence-corrected chi connectivity index (χ1v) is 6.35. The van der Waals surface area contributed by atoms with Crippen LogP contribution in [-0.4, -0.2) is 17.8 Å². The molecule has 0 bridgehead atoms. The fourth-order valence-corrected chi connectivity index (χ4v) is 2.13. The van der Waals surface area contributed by atoms with Crippen LogP contribution in [-0.2, 0) is 4.79 Å². The Morgan fingerprint density at radius 3 is 2.61 bits per heavy atom. The summed E-state index contributed by atoms with van der Waals surface area (Å²) in [7, 11) is 0. The van der Waals surface area contributed by atoms with Crippen LogP contribution in [0.15, 0.2) is 29.3 Å². The van der Waals surface area contributed by atoms with Crippen molar-refractivity contribution in [3.8, 4) is 0 Å². The quantitative estimate of drug-likeness (QED) is 0.603. The second-order valence-corrected chi connectivity index (χ2v) is 4.70. The van der Waals surface area contributed by atoms with Crippen molar-refractivity contribution in [1.29, 1.82) is 0 Å². The molecule has 2 rings (SSSR count). The number of carbonyl (C=O) groups excluding carboxylic acids is 2. The number of ketones is 2. The molecule has 1 saturated carbocycles. The third kappa shape index (κ3) is 3.13. The van der Waals surface area contributed by atoms with Gasteiger partial charge in [-0.1, -0.05) is 6.42 Å². The Morgan fingerprint density at radius 1 is 1.28 bits per heavy atom. The van der Waals surface area contributed by atoms with Gasteiger partial charge in [0, 0.05) is 18.2 Å². The predicted octanol–water partition coefficient (Wildman–Crippen LogP) is 3.35. The van der Waals surface area contributed by atoms with Crippen LogP contribution in [0.4, 0.5) is 5.69 Å². The van der Waals surface area contributed by atoms with E-state index in [9.17, 15) is 9.59 Å². The fraction of sp³-hybridized carbons (Fsp3) is 0.400. The summed E-state index contributed by atoms with van der Waals surface area (Å²) < 4.78 is 0. The second kappa shape index (κ2) is 5.71. The van der Waals surface area contributed by atoms with Crippen LogP contribution in [0.5, 0.6) is 0 Å². The molecule has 0 aliphatic heterocycles. The van der Waals surface area contributed by atoms with E-state index in [2.05, 4.69) is 4.99 Å². The highest BCUT2D eigenvalue weighted by Gasteiger charge is 2.19. The summed E-state index contributed by atoms with van der Waals surface area (Å²) in [4.78, 5) is 27.1. The molecule has 1 aliphatic carbocycles. The molecular weight excluding hydrogens is 226 g/mol. The SMILES string of the molecule is CC(=O)c1ccc(N=C[C@H]2CCCCC2=O)cc1. The van der Waals surface area contributed by atoms with E-state index >= 15 is 0 Å². The maximum atomic E-state index is 11.6. The first kappa shape index (κ1) is 12.7. The molecule has 0 spiro atoms. The Kier molecular flexibility index (Phi) is 4.03. The predicted molar refractivity (Wildman–Crippen MR) is 71.6 cm³/mol. The molecule has 1 aromatic rings. The smallest absolute Gasteiger partial charge is 0.159 e. The zero-order valence-electron chi connectivity index (χ0n) is 10.6.